The van der Waals surface area contributed by atoms with Crippen molar-refractivity contribution in [1.82, 2.24) is 4.31 Å². The summed E-state index contributed by atoms with van der Waals surface area (Å²) in [6.07, 6.45) is 4.41. The molecule has 6 nitrogen and oxygen atoms in total. The Morgan fingerprint density at radius 3 is 2.62 bits per heavy atom. The summed E-state index contributed by atoms with van der Waals surface area (Å²) in [6.45, 7) is 4.52. The summed E-state index contributed by atoms with van der Waals surface area (Å²) in [6, 6.07) is 4.81. The third kappa shape index (κ3) is 3.91. The van der Waals surface area contributed by atoms with E-state index >= 15 is 0 Å². The Hall–Kier alpha value is -1.15. The highest BCUT2D eigenvalue weighted by Gasteiger charge is 2.36. The van der Waals surface area contributed by atoms with Gasteiger partial charge in [-0.1, -0.05) is 12.5 Å². The maximum absolute atomic E-state index is 13.2. The van der Waals surface area contributed by atoms with E-state index in [1.165, 1.54) is 6.92 Å². The van der Waals surface area contributed by atoms with Gasteiger partial charge in [0.2, 0.25) is 15.9 Å². The van der Waals surface area contributed by atoms with Crippen LogP contribution in [0.3, 0.4) is 0 Å². The second kappa shape index (κ2) is 8.25. The molecule has 2 aliphatic heterocycles. The predicted octanol–water partition coefficient (Wildman–Crippen LogP) is 2.30. The lowest BCUT2D eigenvalue weighted by Gasteiger charge is -2.37. The highest BCUT2D eigenvalue weighted by Crippen LogP contribution is 2.33. The molecule has 8 heteroatoms. The average molecular weight is 402 g/mol. The Balaban J connectivity index is 0.00000243. The molecule has 1 fully saturated rings. The van der Waals surface area contributed by atoms with Crippen LogP contribution in [-0.2, 0) is 21.2 Å². The number of fused-ring (bicyclic) bond motifs is 1. The summed E-state index contributed by atoms with van der Waals surface area (Å²) in [5.74, 6) is -0.0538. The van der Waals surface area contributed by atoms with E-state index in [2.05, 4.69) is 0 Å². The number of hydrogen-bond donors (Lipinski definition) is 1. The van der Waals surface area contributed by atoms with E-state index in [9.17, 15) is 13.2 Å². The standard InChI is InChI=1S/C18H27N3O3S.ClH/c1-13(19)17-7-3-4-11-21(17)25(23,24)16-9-8-15-6-5-10-20(14(2)22)18(15)12-16;/h8-9,12-13,17H,3-7,10-11,19H2,1-2H3;1H. The van der Waals surface area contributed by atoms with Crippen LogP contribution < -0.4 is 10.6 Å². The zero-order valence-electron chi connectivity index (χ0n) is 15.3. The van der Waals surface area contributed by atoms with Gasteiger partial charge in [-0.2, -0.15) is 4.31 Å². The number of rotatable bonds is 3. The number of benzene rings is 1. The Morgan fingerprint density at radius 2 is 1.96 bits per heavy atom. The van der Waals surface area contributed by atoms with Gasteiger partial charge < -0.3 is 10.6 Å². The Kier molecular flexibility index (Phi) is 6.71. The minimum Gasteiger partial charge on any atom is -0.326 e. The zero-order chi connectivity index (χ0) is 18.2. The lowest BCUT2D eigenvalue weighted by Crippen LogP contribution is -2.51. The second-order valence-corrected chi connectivity index (χ2v) is 8.99. The number of piperidine rings is 1. The van der Waals surface area contributed by atoms with Crippen LogP contribution in [0, 0.1) is 0 Å². The van der Waals surface area contributed by atoms with Crippen LogP contribution in [-0.4, -0.2) is 43.8 Å². The van der Waals surface area contributed by atoms with Gasteiger partial charge in [0, 0.05) is 37.8 Å². The predicted molar refractivity (Wildman–Crippen MR) is 105 cm³/mol. The number of sulfonamides is 1. The summed E-state index contributed by atoms with van der Waals surface area (Å²) < 4.78 is 28.0. The molecule has 0 aromatic heterocycles. The summed E-state index contributed by atoms with van der Waals surface area (Å²) in [7, 11) is -3.62. The second-order valence-electron chi connectivity index (χ2n) is 7.10. The van der Waals surface area contributed by atoms with Crippen molar-refractivity contribution in [1.29, 1.82) is 0 Å². The van der Waals surface area contributed by atoms with Gasteiger partial charge in [-0.15, -0.1) is 12.4 Å². The molecule has 2 N–H and O–H groups in total. The highest BCUT2D eigenvalue weighted by atomic mass is 35.5. The van der Waals surface area contributed by atoms with Crippen molar-refractivity contribution >= 4 is 34.0 Å². The molecule has 3 rings (SSSR count). The minimum absolute atomic E-state index is 0. The molecule has 0 aliphatic carbocycles. The lowest BCUT2D eigenvalue weighted by molar-refractivity contribution is -0.116. The first-order valence-electron chi connectivity index (χ1n) is 9.01. The van der Waals surface area contributed by atoms with Gasteiger partial charge in [-0.25, -0.2) is 8.42 Å². The van der Waals surface area contributed by atoms with E-state index in [0.29, 0.717) is 13.1 Å². The number of amides is 1. The summed E-state index contributed by atoms with van der Waals surface area (Å²) in [4.78, 5) is 13.8. The Morgan fingerprint density at radius 1 is 1.23 bits per heavy atom. The van der Waals surface area contributed by atoms with Gasteiger partial charge in [-0.3, -0.25) is 4.79 Å². The molecule has 2 atom stereocenters. The lowest BCUT2D eigenvalue weighted by atomic mass is 10.00. The monoisotopic (exact) mass is 401 g/mol. The fourth-order valence-electron chi connectivity index (χ4n) is 3.93. The van der Waals surface area contributed by atoms with Crippen molar-refractivity contribution in [3.8, 4) is 0 Å². The van der Waals surface area contributed by atoms with Crippen molar-refractivity contribution in [3.63, 3.8) is 0 Å². The van der Waals surface area contributed by atoms with E-state index in [0.717, 1.165) is 43.4 Å². The fraction of sp³-hybridized carbons (Fsp3) is 0.611. The van der Waals surface area contributed by atoms with E-state index in [1.54, 1.807) is 21.3 Å². The topological polar surface area (TPSA) is 83.7 Å². The maximum atomic E-state index is 13.2. The molecule has 1 saturated heterocycles. The summed E-state index contributed by atoms with van der Waals surface area (Å²) in [5, 5.41) is 0. The number of nitrogens with two attached hydrogens (primary N) is 1. The van der Waals surface area contributed by atoms with Crippen LogP contribution in [0.1, 0.15) is 45.1 Å². The average Bonchev–Trinajstić information content (AvgIpc) is 2.60. The Bertz CT molecular complexity index is 767. The SMILES string of the molecule is CC(=O)N1CCCc2ccc(S(=O)(=O)N3CCCCC3C(C)N)cc21.Cl. The minimum atomic E-state index is -3.62. The first kappa shape index (κ1) is 21.2. The van der Waals surface area contributed by atoms with Crippen molar-refractivity contribution in [2.75, 3.05) is 18.0 Å². The van der Waals surface area contributed by atoms with Gasteiger partial charge >= 0.3 is 0 Å². The number of hydrogen-bond acceptors (Lipinski definition) is 4. The molecule has 2 unspecified atom stereocenters. The molecular formula is C18H28ClN3O3S. The third-order valence-corrected chi connectivity index (χ3v) is 7.19. The molecule has 0 bridgehead atoms. The molecule has 146 valence electrons. The van der Waals surface area contributed by atoms with Crippen LogP contribution in [0.15, 0.2) is 23.1 Å². The summed E-state index contributed by atoms with van der Waals surface area (Å²) >= 11 is 0. The van der Waals surface area contributed by atoms with Crippen LogP contribution in [0.5, 0.6) is 0 Å². The van der Waals surface area contributed by atoms with E-state index in [1.807, 2.05) is 13.0 Å². The number of halogens is 1. The number of anilines is 1. The van der Waals surface area contributed by atoms with Crippen molar-refractivity contribution < 1.29 is 13.2 Å². The van der Waals surface area contributed by atoms with Gasteiger partial charge in [0.15, 0.2) is 0 Å². The molecule has 0 saturated carbocycles. The van der Waals surface area contributed by atoms with E-state index in [-0.39, 0.29) is 35.3 Å². The van der Waals surface area contributed by atoms with Gasteiger partial charge in [0.1, 0.15) is 0 Å². The maximum Gasteiger partial charge on any atom is 0.243 e. The van der Waals surface area contributed by atoms with E-state index in [4.69, 9.17) is 5.73 Å². The number of carbonyl (C=O) groups excluding carboxylic acids is 1. The first-order valence-corrected chi connectivity index (χ1v) is 10.4. The van der Waals surface area contributed by atoms with E-state index < -0.39 is 10.0 Å². The molecule has 26 heavy (non-hydrogen) atoms. The van der Waals surface area contributed by atoms with Gasteiger partial charge in [0.25, 0.3) is 0 Å². The quantitative estimate of drug-likeness (QED) is 0.842. The third-order valence-electron chi connectivity index (χ3n) is 5.27. The molecule has 0 radical (unpaired) electrons. The smallest absolute Gasteiger partial charge is 0.243 e. The van der Waals surface area contributed by atoms with Crippen molar-refractivity contribution in [3.05, 3.63) is 23.8 Å². The molecule has 0 spiro atoms. The molecular weight excluding hydrogens is 374 g/mol. The normalized spacial score (nSPS) is 22.3. The van der Waals surface area contributed by atoms with Crippen LogP contribution in [0.2, 0.25) is 0 Å². The van der Waals surface area contributed by atoms with Crippen LogP contribution in [0.25, 0.3) is 0 Å². The number of carbonyl (C=O) groups is 1. The summed E-state index contributed by atoms with van der Waals surface area (Å²) in [5.41, 5.74) is 7.81. The van der Waals surface area contributed by atoms with Crippen LogP contribution >= 0.6 is 12.4 Å². The Labute approximate surface area is 162 Å². The van der Waals surface area contributed by atoms with Crippen LogP contribution in [0.4, 0.5) is 5.69 Å². The molecule has 1 aromatic rings. The first-order chi connectivity index (χ1) is 11.8. The molecule has 2 aliphatic rings. The van der Waals surface area contributed by atoms with Gasteiger partial charge in [-0.05, 0) is 50.3 Å². The molecule has 1 amide bonds. The van der Waals surface area contributed by atoms with Crippen molar-refractivity contribution in [2.45, 2.75) is 62.9 Å². The number of nitrogens with zero attached hydrogens (tertiary/aromatic N) is 2. The largest absolute Gasteiger partial charge is 0.326 e. The number of aryl methyl sites for hydroxylation is 1. The van der Waals surface area contributed by atoms with Gasteiger partial charge in [0.05, 0.1) is 4.90 Å². The van der Waals surface area contributed by atoms with Crippen molar-refractivity contribution in [2.24, 2.45) is 5.73 Å². The zero-order valence-corrected chi connectivity index (χ0v) is 17.0. The fourth-order valence-corrected chi connectivity index (χ4v) is 5.73. The molecule has 2 heterocycles. The highest BCUT2D eigenvalue weighted by molar-refractivity contribution is 7.89. The molecule has 1 aromatic carbocycles.